The smallest absolute Gasteiger partial charge is 0.336 e. The first-order valence-corrected chi connectivity index (χ1v) is 8.98. The van der Waals surface area contributed by atoms with E-state index in [1.165, 1.54) is 23.0 Å². The standard InChI is InChI=1S/C21H15NO3S/c1-13-2-4-14(5-3-13)17-10-11-26-20(17)21(24)22-16-7-8-18-15(12-16)6-9-19(23)25-18/h2-12H,1H3,(H,22,24). The molecule has 1 amide bonds. The lowest BCUT2D eigenvalue weighted by atomic mass is 10.0. The molecule has 1 N–H and O–H groups in total. The third kappa shape index (κ3) is 3.17. The molecule has 128 valence electrons. The van der Waals surface area contributed by atoms with Gasteiger partial charge in [-0.1, -0.05) is 29.8 Å². The number of carbonyl (C=O) groups excluding carboxylic acids is 1. The van der Waals surface area contributed by atoms with E-state index in [0.29, 0.717) is 16.1 Å². The Balaban J connectivity index is 1.63. The lowest BCUT2D eigenvalue weighted by molar-refractivity contribution is 0.103. The summed E-state index contributed by atoms with van der Waals surface area (Å²) in [6, 6.07) is 18.3. The van der Waals surface area contributed by atoms with Crippen LogP contribution in [0.4, 0.5) is 5.69 Å². The Kier molecular flexibility index (Phi) is 4.14. The average molecular weight is 361 g/mol. The van der Waals surface area contributed by atoms with E-state index >= 15 is 0 Å². The molecule has 2 aromatic heterocycles. The summed E-state index contributed by atoms with van der Waals surface area (Å²) >= 11 is 1.41. The van der Waals surface area contributed by atoms with Crippen LogP contribution in [0.3, 0.4) is 0 Å². The number of aryl methyl sites for hydroxylation is 1. The van der Waals surface area contributed by atoms with Crippen molar-refractivity contribution in [2.24, 2.45) is 0 Å². The van der Waals surface area contributed by atoms with Crippen molar-refractivity contribution in [1.82, 2.24) is 0 Å². The van der Waals surface area contributed by atoms with E-state index in [2.05, 4.69) is 5.32 Å². The number of fused-ring (bicyclic) bond motifs is 1. The minimum absolute atomic E-state index is 0.160. The van der Waals surface area contributed by atoms with E-state index in [4.69, 9.17) is 4.42 Å². The first kappa shape index (κ1) is 16.3. The Bertz CT molecular complexity index is 1160. The van der Waals surface area contributed by atoms with Crippen molar-refractivity contribution in [2.45, 2.75) is 6.92 Å². The van der Waals surface area contributed by atoms with Gasteiger partial charge in [0.1, 0.15) is 5.58 Å². The van der Waals surface area contributed by atoms with Crippen molar-refractivity contribution >= 4 is 33.9 Å². The Labute approximate surface area is 153 Å². The summed E-state index contributed by atoms with van der Waals surface area (Å²) in [6.07, 6.45) is 0. The van der Waals surface area contributed by atoms with Crippen molar-refractivity contribution in [3.63, 3.8) is 0 Å². The van der Waals surface area contributed by atoms with Crippen molar-refractivity contribution in [1.29, 1.82) is 0 Å². The molecule has 0 spiro atoms. The quantitative estimate of drug-likeness (QED) is 0.518. The number of anilines is 1. The van der Waals surface area contributed by atoms with Crippen LogP contribution < -0.4 is 10.9 Å². The summed E-state index contributed by atoms with van der Waals surface area (Å²) in [5.41, 5.74) is 3.86. The number of hydrogen-bond acceptors (Lipinski definition) is 4. The van der Waals surface area contributed by atoms with Gasteiger partial charge in [0.2, 0.25) is 0 Å². The zero-order valence-corrected chi connectivity index (χ0v) is 14.8. The largest absolute Gasteiger partial charge is 0.423 e. The number of benzene rings is 2. The maximum Gasteiger partial charge on any atom is 0.336 e. The molecule has 26 heavy (non-hydrogen) atoms. The molecular formula is C21H15NO3S. The molecule has 0 saturated carbocycles. The van der Waals surface area contributed by atoms with Crippen LogP contribution in [0.1, 0.15) is 15.2 Å². The van der Waals surface area contributed by atoms with Crippen molar-refractivity contribution < 1.29 is 9.21 Å². The summed E-state index contributed by atoms with van der Waals surface area (Å²) in [7, 11) is 0. The number of amides is 1. The lowest BCUT2D eigenvalue weighted by Gasteiger charge is -2.07. The van der Waals surface area contributed by atoms with Gasteiger partial charge >= 0.3 is 5.63 Å². The van der Waals surface area contributed by atoms with Gasteiger partial charge in [-0.15, -0.1) is 11.3 Å². The minimum atomic E-state index is -0.393. The maximum atomic E-state index is 12.8. The first-order valence-electron chi connectivity index (χ1n) is 8.10. The number of carbonyl (C=O) groups is 1. The summed E-state index contributed by atoms with van der Waals surface area (Å²) < 4.78 is 5.11. The van der Waals surface area contributed by atoms with Gasteiger partial charge in [-0.3, -0.25) is 4.79 Å². The predicted molar refractivity (Wildman–Crippen MR) is 105 cm³/mol. The molecule has 0 bridgehead atoms. The fourth-order valence-electron chi connectivity index (χ4n) is 2.78. The Morgan fingerprint density at radius 3 is 2.62 bits per heavy atom. The van der Waals surface area contributed by atoms with Gasteiger partial charge in [-0.25, -0.2) is 4.79 Å². The average Bonchev–Trinajstić information content (AvgIpc) is 3.12. The molecule has 0 saturated heterocycles. The molecule has 0 unspecified atom stereocenters. The third-order valence-corrected chi connectivity index (χ3v) is 5.02. The monoisotopic (exact) mass is 361 g/mol. The van der Waals surface area contributed by atoms with Crippen LogP contribution in [-0.2, 0) is 0 Å². The maximum absolute atomic E-state index is 12.8. The van der Waals surface area contributed by atoms with Crippen LogP contribution in [0.2, 0.25) is 0 Å². The summed E-state index contributed by atoms with van der Waals surface area (Å²) in [5, 5.41) is 5.60. The molecule has 2 heterocycles. The van der Waals surface area contributed by atoms with Crippen molar-refractivity contribution in [3.05, 3.63) is 86.9 Å². The van der Waals surface area contributed by atoms with Crippen molar-refractivity contribution in [2.75, 3.05) is 5.32 Å². The van der Waals surface area contributed by atoms with E-state index in [0.717, 1.165) is 16.5 Å². The Hall–Kier alpha value is -3.18. The van der Waals surface area contributed by atoms with Crippen LogP contribution in [0.5, 0.6) is 0 Å². The van der Waals surface area contributed by atoms with E-state index in [1.54, 1.807) is 24.3 Å². The molecule has 5 heteroatoms. The fourth-order valence-corrected chi connectivity index (χ4v) is 3.59. The molecule has 0 radical (unpaired) electrons. The number of hydrogen-bond donors (Lipinski definition) is 1. The first-order chi connectivity index (χ1) is 12.6. The molecule has 0 aliphatic rings. The zero-order chi connectivity index (χ0) is 18.1. The van der Waals surface area contributed by atoms with Crippen molar-refractivity contribution in [3.8, 4) is 11.1 Å². The van der Waals surface area contributed by atoms with Crippen LogP contribution in [0.15, 0.2) is 75.3 Å². The highest BCUT2D eigenvalue weighted by molar-refractivity contribution is 7.12. The number of thiophene rings is 1. The normalized spacial score (nSPS) is 10.8. The molecule has 4 nitrogen and oxygen atoms in total. The molecule has 4 aromatic rings. The van der Waals surface area contributed by atoms with Crippen LogP contribution in [0.25, 0.3) is 22.1 Å². The van der Waals surface area contributed by atoms with E-state index in [-0.39, 0.29) is 5.91 Å². The van der Waals surface area contributed by atoms with Gasteiger partial charge < -0.3 is 9.73 Å². The third-order valence-electron chi connectivity index (χ3n) is 4.11. The summed E-state index contributed by atoms with van der Waals surface area (Å²) in [6.45, 7) is 2.03. The van der Waals surface area contributed by atoms with Gasteiger partial charge in [-0.2, -0.15) is 0 Å². The lowest BCUT2D eigenvalue weighted by Crippen LogP contribution is -2.11. The fraction of sp³-hybridized carbons (Fsp3) is 0.0476. The Morgan fingerprint density at radius 1 is 1.00 bits per heavy atom. The van der Waals surface area contributed by atoms with Crippen LogP contribution >= 0.6 is 11.3 Å². The van der Waals surface area contributed by atoms with Gasteiger partial charge in [0.05, 0.1) is 4.88 Å². The number of nitrogens with one attached hydrogen (secondary N) is 1. The second-order valence-electron chi connectivity index (χ2n) is 5.99. The second kappa shape index (κ2) is 6.61. The summed E-state index contributed by atoms with van der Waals surface area (Å²) in [5.74, 6) is -0.160. The van der Waals surface area contributed by atoms with E-state index < -0.39 is 5.63 Å². The molecule has 0 aliphatic heterocycles. The van der Waals surface area contributed by atoms with E-state index in [1.807, 2.05) is 42.6 Å². The predicted octanol–water partition coefficient (Wildman–Crippen LogP) is 5.08. The molecule has 0 atom stereocenters. The second-order valence-corrected chi connectivity index (χ2v) is 6.91. The van der Waals surface area contributed by atoms with Crippen LogP contribution in [-0.4, -0.2) is 5.91 Å². The molecular weight excluding hydrogens is 346 g/mol. The Morgan fingerprint density at radius 2 is 1.81 bits per heavy atom. The molecule has 0 fully saturated rings. The van der Waals surface area contributed by atoms with E-state index in [9.17, 15) is 9.59 Å². The SMILES string of the molecule is Cc1ccc(-c2ccsc2C(=O)Nc2ccc3oc(=O)ccc3c2)cc1. The van der Waals surface area contributed by atoms with Gasteiger partial charge in [0.15, 0.2) is 0 Å². The molecule has 0 aliphatic carbocycles. The van der Waals surface area contributed by atoms with Gasteiger partial charge in [-0.05, 0) is 48.2 Å². The highest BCUT2D eigenvalue weighted by Crippen LogP contribution is 2.29. The molecule has 4 rings (SSSR count). The van der Waals surface area contributed by atoms with Gasteiger partial charge in [0, 0.05) is 22.7 Å². The number of rotatable bonds is 3. The topological polar surface area (TPSA) is 59.3 Å². The summed E-state index contributed by atoms with van der Waals surface area (Å²) in [4.78, 5) is 24.7. The van der Waals surface area contributed by atoms with Crippen LogP contribution in [0, 0.1) is 6.92 Å². The molecule has 2 aromatic carbocycles. The zero-order valence-electron chi connectivity index (χ0n) is 14.0. The highest BCUT2D eigenvalue weighted by Gasteiger charge is 2.15. The van der Waals surface area contributed by atoms with Gasteiger partial charge in [0.25, 0.3) is 5.91 Å². The minimum Gasteiger partial charge on any atom is -0.423 e. The highest BCUT2D eigenvalue weighted by atomic mass is 32.1.